The maximum absolute atomic E-state index is 13.4. The third kappa shape index (κ3) is 7.55. The predicted octanol–water partition coefficient (Wildman–Crippen LogP) is 3.66. The van der Waals surface area contributed by atoms with Crippen molar-refractivity contribution in [3.63, 3.8) is 0 Å². The Labute approximate surface area is 202 Å². The second kappa shape index (κ2) is 11.5. The third-order valence-electron chi connectivity index (χ3n) is 5.39. The van der Waals surface area contributed by atoms with E-state index >= 15 is 0 Å². The number of halogens is 1. The monoisotopic (exact) mass is 491 g/mol. The topological polar surface area (TPSA) is 86.8 Å². The van der Waals surface area contributed by atoms with E-state index in [1.54, 1.807) is 19.1 Å². The van der Waals surface area contributed by atoms with Crippen LogP contribution in [0.4, 0.5) is 10.1 Å². The van der Waals surface area contributed by atoms with E-state index in [0.29, 0.717) is 11.3 Å². The first-order chi connectivity index (χ1) is 15.8. The van der Waals surface area contributed by atoms with Crippen molar-refractivity contribution >= 4 is 27.5 Å². The molecule has 0 heterocycles. The number of nitrogens with one attached hydrogen (secondary N) is 1. The summed E-state index contributed by atoms with van der Waals surface area (Å²) in [5, 5.41) is 2.78. The van der Waals surface area contributed by atoms with Gasteiger partial charge in [0.2, 0.25) is 21.8 Å². The van der Waals surface area contributed by atoms with Crippen molar-refractivity contribution in [1.29, 1.82) is 0 Å². The van der Waals surface area contributed by atoms with Gasteiger partial charge in [0, 0.05) is 12.6 Å². The number of carbonyl (C=O) groups excluding carboxylic acids is 2. The fraction of sp³-hybridized carbons (Fsp3) is 0.440. The summed E-state index contributed by atoms with van der Waals surface area (Å²) in [4.78, 5) is 27.4. The van der Waals surface area contributed by atoms with E-state index < -0.39 is 34.3 Å². The van der Waals surface area contributed by atoms with Gasteiger partial charge in [0.1, 0.15) is 18.4 Å². The number of benzene rings is 2. The smallest absolute Gasteiger partial charge is 0.244 e. The van der Waals surface area contributed by atoms with Crippen molar-refractivity contribution in [2.75, 3.05) is 17.1 Å². The van der Waals surface area contributed by atoms with Gasteiger partial charge < -0.3 is 10.2 Å². The number of nitrogens with zero attached hydrogens (tertiary/aromatic N) is 2. The summed E-state index contributed by atoms with van der Waals surface area (Å²) in [5.74, 6) is -1.05. The van der Waals surface area contributed by atoms with Gasteiger partial charge in [-0.1, -0.05) is 38.1 Å². The third-order valence-corrected chi connectivity index (χ3v) is 6.53. The molecule has 0 aliphatic carbocycles. The van der Waals surface area contributed by atoms with E-state index in [9.17, 15) is 22.4 Å². The lowest BCUT2D eigenvalue weighted by atomic mass is 10.0. The molecule has 34 heavy (non-hydrogen) atoms. The second-order valence-corrected chi connectivity index (χ2v) is 10.9. The number of rotatable bonds is 10. The molecule has 0 spiro atoms. The largest absolute Gasteiger partial charge is 0.352 e. The summed E-state index contributed by atoms with van der Waals surface area (Å²) >= 11 is 0. The number of anilines is 1. The van der Waals surface area contributed by atoms with Crippen LogP contribution in [0, 0.1) is 5.82 Å². The lowest BCUT2D eigenvalue weighted by Gasteiger charge is -2.32. The zero-order chi connectivity index (χ0) is 25.6. The maximum Gasteiger partial charge on any atom is 0.244 e. The van der Waals surface area contributed by atoms with E-state index in [0.717, 1.165) is 16.1 Å². The first-order valence-electron chi connectivity index (χ1n) is 11.2. The van der Waals surface area contributed by atoms with E-state index in [2.05, 4.69) is 5.32 Å². The van der Waals surface area contributed by atoms with Gasteiger partial charge in [-0.15, -0.1) is 0 Å². The molecule has 0 aromatic heterocycles. The molecule has 1 atom stereocenters. The number of carbonyl (C=O) groups is 2. The second-order valence-electron chi connectivity index (χ2n) is 9.00. The molecule has 0 saturated heterocycles. The van der Waals surface area contributed by atoms with Crippen LogP contribution in [-0.4, -0.2) is 50.0 Å². The maximum atomic E-state index is 13.4. The Morgan fingerprint density at radius 2 is 1.50 bits per heavy atom. The van der Waals surface area contributed by atoms with Crippen molar-refractivity contribution in [2.45, 2.75) is 59.2 Å². The summed E-state index contributed by atoms with van der Waals surface area (Å²) in [6, 6.07) is 11.6. The Bertz CT molecular complexity index is 1080. The standard InChI is InChI=1S/C25H34FN3O4S/c1-17(2)21-9-13-23(14-10-21)29(34(6,32)33)16-24(30)28(19(5)25(31)27-18(3)4)15-20-7-11-22(26)12-8-20/h7-14,17-19H,15-16H2,1-6H3,(H,27,31). The Kier molecular flexibility index (Phi) is 9.21. The molecule has 7 nitrogen and oxygen atoms in total. The summed E-state index contributed by atoms with van der Waals surface area (Å²) in [6.45, 7) is 8.82. The van der Waals surface area contributed by atoms with Crippen molar-refractivity contribution in [2.24, 2.45) is 0 Å². The highest BCUT2D eigenvalue weighted by molar-refractivity contribution is 7.92. The Morgan fingerprint density at radius 3 is 1.97 bits per heavy atom. The Balaban J connectivity index is 2.37. The molecule has 2 amide bonds. The van der Waals surface area contributed by atoms with Crippen LogP contribution in [0.25, 0.3) is 0 Å². The Morgan fingerprint density at radius 1 is 0.941 bits per heavy atom. The van der Waals surface area contributed by atoms with E-state index in [4.69, 9.17) is 0 Å². The Hall–Kier alpha value is -2.94. The molecule has 2 aromatic rings. The summed E-state index contributed by atoms with van der Waals surface area (Å²) < 4.78 is 39.6. The molecule has 0 radical (unpaired) electrons. The normalized spacial score (nSPS) is 12.5. The zero-order valence-electron chi connectivity index (χ0n) is 20.6. The van der Waals surface area contributed by atoms with Gasteiger partial charge in [0.25, 0.3) is 0 Å². The van der Waals surface area contributed by atoms with Crippen molar-refractivity contribution in [3.05, 3.63) is 65.5 Å². The lowest BCUT2D eigenvalue weighted by molar-refractivity contribution is -0.139. The van der Waals surface area contributed by atoms with Crippen LogP contribution in [0.5, 0.6) is 0 Å². The van der Waals surface area contributed by atoms with Crippen LogP contribution in [0.1, 0.15) is 51.7 Å². The van der Waals surface area contributed by atoms with Gasteiger partial charge in [0.05, 0.1) is 11.9 Å². The highest BCUT2D eigenvalue weighted by Crippen LogP contribution is 2.23. The first kappa shape index (κ1) is 27.3. The number of hydrogen-bond donors (Lipinski definition) is 1. The van der Waals surface area contributed by atoms with Gasteiger partial charge in [-0.25, -0.2) is 12.8 Å². The van der Waals surface area contributed by atoms with Crippen LogP contribution in [0.2, 0.25) is 0 Å². The first-order valence-corrected chi connectivity index (χ1v) is 13.1. The highest BCUT2D eigenvalue weighted by atomic mass is 32.2. The number of amides is 2. The highest BCUT2D eigenvalue weighted by Gasteiger charge is 2.30. The van der Waals surface area contributed by atoms with Crippen molar-refractivity contribution < 1.29 is 22.4 Å². The molecule has 0 fully saturated rings. The average molecular weight is 492 g/mol. The van der Waals surface area contributed by atoms with Gasteiger partial charge in [0.15, 0.2) is 0 Å². The van der Waals surface area contributed by atoms with Crippen LogP contribution in [0.3, 0.4) is 0 Å². The molecule has 0 saturated carbocycles. The molecule has 0 aliphatic heterocycles. The van der Waals surface area contributed by atoms with Crippen LogP contribution >= 0.6 is 0 Å². The number of hydrogen-bond acceptors (Lipinski definition) is 4. The van der Waals surface area contributed by atoms with E-state index in [-0.39, 0.29) is 24.4 Å². The molecule has 0 bridgehead atoms. The average Bonchev–Trinajstić information content (AvgIpc) is 2.75. The lowest BCUT2D eigenvalue weighted by Crippen LogP contribution is -2.52. The minimum Gasteiger partial charge on any atom is -0.352 e. The predicted molar refractivity (Wildman–Crippen MR) is 132 cm³/mol. The fourth-order valence-electron chi connectivity index (χ4n) is 3.41. The summed E-state index contributed by atoms with van der Waals surface area (Å²) in [6.07, 6.45) is 1.04. The molecular weight excluding hydrogens is 457 g/mol. The van der Waals surface area contributed by atoms with E-state index in [1.165, 1.54) is 29.2 Å². The molecule has 1 unspecified atom stereocenters. The van der Waals surface area contributed by atoms with E-state index in [1.807, 2.05) is 39.8 Å². The molecule has 2 rings (SSSR count). The number of sulfonamides is 1. The van der Waals surface area contributed by atoms with Crippen molar-refractivity contribution in [3.8, 4) is 0 Å². The summed E-state index contributed by atoms with van der Waals surface area (Å²) in [5.41, 5.74) is 2.02. The van der Waals surface area contributed by atoms with Crippen LogP contribution in [-0.2, 0) is 26.2 Å². The molecular formula is C25H34FN3O4S. The summed E-state index contributed by atoms with van der Waals surface area (Å²) in [7, 11) is -3.79. The molecule has 2 aromatic carbocycles. The molecule has 1 N–H and O–H groups in total. The molecule has 186 valence electrons. The fourth-order valence-corrected chi connectivity index (χ4v) is 4.26. The van der Waals surface area contributed by atoms with Gasteiger partial charge in [-0.3, -0.25) is 13.9 Å². The minimum absolute atomic E-state index is 0.0235. The van der Waals surface area contributed by atoms with Gasteiger partial charge in [-0.2, -0.15) is 0 Å². The SMILES string of the molecule is CC(C)NC(=O)C(C)N(Cc1ccc(F)cc1)C(=O)CN(c1ccc(C(C)C)cc1)S(C)(=O)=O. The van der Waals surface area contributed by atoms with Crippen LogP contribution < -0.4 is 9.62 Å². The van der Waals surface area contributed by atoms with Gasteiger partial charge >= 0.3 is 0 Å². The minimum atomic E-state index is -3.79. The zero-order valence-corrected chi connectivity index (χ0v) is 21.4. The molecule has 9 heteroatoms. The van der Waals surface area contributed by atoms with Crippen molar-refractivity contribution in [1.82, 2.24) is 10.2 Å². The molecule has 0 aliphatic rings. The van der Waals surface area contributed by atoms with Gasteiger partial charge in [-0.05, 0) is 62.1 Å². The van der Waals surface area contributed by atoms with Crippen LogP contribution in [0.15, 0.2) is 48.5 Å². The quantitative estimate of drug-likeness (QED) is 0.550.